The molecule has 2 fully saturated rings. The average Bonchev–Trinajstić information content (AvgIpc) is 3.33. The van der Waals surface area contributed by atoms with Crippen molar-refractivity contribution in [3.8, 4) is 0 Å². The van der Waals surface area contributed by atoms with Crippen molar-refractivity contribution in [1.82, 2.24) is 24.4 Å². The Balaban J connectivity index is 0.000000360. The predicted molar refractivity (Wildman–Crippen MR) is 103 cm³/mol. The van der Waals surface area contributed by atoms with Crippen LogP contribution in [0, 0.1) is 5.41 Å². The lowest BCUT2D eigenvalue weighted by atomic mass is 9.75. The first-order valence-corrected chi connectivity index (χ1v) is 9.82. The van der Waals surface area contributed by atoms with Gasteiger partial charge in [-0.1, -0.05) is 0 Å². The Bertz CT molecular complexity index is 922. The molecule has 2 aromatic heterocycles. The maximum Gasteiger partial charge on any atom is 0.490 e. The first-order chi connectivity index (χ1) is 14.9. The fraction of sp³-hybridized carbons (Fsp3) is 0.579. The Morgan fingerprint density at radius 3 is 2.31 bits per heavy atom. The van der Waals surface area contributed by atoms with E-state index in [1.807, 2.05) is 22.7 Å². The number of imidazole rings is 1. The quantitative estimate of drug-likeness (QED) is 0.702. The number of carbonyl (C=O) groups is 1. The molecule has 2 saturated heterocycles. The van der Waals surface area contributed by atoms with Gasteiger partial charge in [0.25, 0.3) is 5.92 Å². The van der Waals surface area contributed by atoms with Crippen molar-refractivity contribution >= 4 is 11.9 Å². The van der Waals surface area contributed by atoms with E-state index in [9.17, 15) is 22.0 Å². The van der Waals surface area contributed by atoms with Crippen LogP contribution in [0.4, 0.5) is 27.9 Å². The van der Waals surface area contributed by atoms with Crippen LogP contribution in [0.25, 0.3) is 0 Å². The molecule has 2 aliphatic rings. The van der Waals surface area contributed by atoms with Gasteiger partial charge in [-0.15, -0.1) is 0 Å². The molecule has 0 radical (unpaired) electrons. The molecule has 1 spiro atoms. The Labute approximate surface area is 180 Å². The number of halogens is 5. The summed E-state index contributed by atoms with van der Waals surface area (Å²) in [4.78, 5) is 25.7. The van der Waals surface area contributed by atoms with E-state index < -0.39 is 23.5 Å². The lowest BCUT2D eigenvalue weighted by Gasteiger charge is -2.45. The predicted octanol–water partition coefficient (Wildman–Crippen LogP) is 2.58. The largest absolute Gasteiger partial charge is 0.490 e. The van der Waals surface area contributed by atoms with Gasteiger partial charge >= 0.3 is 12.1 Å². The zero-order valence-electron chi connectivity index (χ0n) is 17.3. The summed E-state index contributed by atoms with van der Waals surface area (Å²) in [5, 5.41) is 7.12. The van der Waals surface area contributed by atoms with E-state index >= 15 is 0 Å². The smallest absolute Gasteiger partial charge is 0.475 e. The summed E-state index contributed by atoms with van der Waals surface area (Å²) in [6.07, 6.45) is 2.19. The van der Waals surface area contributed by atoms with Gasteiger partial charge in [0.2, 0.25) is 5.95 Å². The lowest BCUT2D eigenvalue weighted by Crippen LogP contribution is -2.56. The number of aryl methyl sites for hydroxylation is 1. The molecule has 4 rings (SSSR count). The maximum atomic E-state index is 14.9. The summed E-state index contributed by atoms with van der Waals surface area (Å²) < 4.78 is 63.4. The third-order valence-electron chi connectivity index (χ3n) is 5.76. The summed E-state index contributed by atoms with van der Waals surface area (Å²) in [6, 6.07) is 1.74. The summed E-state index contributed by atoms with van der Waals surface area (Å²) in [5.74, 6) is -3.99. The normalized spacial score (nSPS) is 23.1. The van der Waals surface area contributed by atoms with Gasteiger partial charge in [-0.05, 0) is 12.5 Å². The molecule has 2 aliphatic heterocycles. The van der Waals surface area contributed by atoms with Crippen molar-refractivity contribution in [1.29, 1.82) is 0 Å². The van der Waals surface area contributed by atoms with Gasteiger partial charge in [0.15, 0.2) is 0 Å². The zero-order chi connectivity index (χ0) is 23.6. The minimum Gasteiger partial charge on any atom is -0.475 e. The Morgan fingerprint density at radius 1 is 1.09 bits per heavy atom. The molecule has 0 saturated carbocycles. The molecule has 1 N–H and O–H groups in total. The van der Waals surface area contributed by atoms with Crippen molar-refractivity contribution in [2.24, 2.45) is 12.5 Å². The van der Waals surface area contributed by atoms with Crippen LogP contribution >= 0.6 is 0 Å². The van der Waals surface area contributed by atoms with Crippen LogP contribution in [-0.4, -0.2) is 73.8 Å². The number of likely N-dealkylation sites (tertiary alicyclic amines) is 1. The minimum absolute atomic E-state index is 0.110. The number of nitrogens with zero attached hydrogens (tertiary/aromatic N) is 6. The highest BCUT2D eigenvalue weighted by atomic mass is 19.4. The molecule has 1 atom stereocenters. The van der Waals surface area contributed by atoms with Crippen LogP contribution in [0.5, 0.6) is 0 Å². The van der Waals surface area contributed by atoms with Crippen LogP contribution in [0.1, 0.15) is 18.7 Å². The Morgan fingerprint density at radius 2 is 1.75 bits per heavy atom. The zero-order valence-corrected chi connectivity index (χ0v) is 17.3. The number of carboxylic acid groups (broad SMARTS) is 1. The highest BCUT2D eigenvalue weighted by Gasteiger charge is 2.59. The molecule has 1 unspecified atom stereocenters. The molecule has 176 valence electrons. The third-order valence-corrected chi connectivity index (χ3v) is 5.76. The highest BCUT2D eigenvalue weighted by Crippen LogP contribution is 2.50. The van der Waals surface area contributed by atoms with Gasteiger partial charge in [0.05, 0.1) is 12.0 Å². The van der Waals surface area contributed by atoms with Gasteiger partial charge in [0.1, 0.15) is 5.82 Å². The van der Waals surface area contributed by atoms with Crippen molar-refractivity contribution in [2.45, 2.75) is 31.5 Å². The Kier molecular flexibility index (Phi) is 6.67. The standard InChI is InChI=1S/C17H22F2N6.C2HF3O2/c1-23-10-7-20-14(23)11-24-8-4-17(18,19)16(12-24)3-9-25(13-16)15-21-5-2-6-22-15;3-2(4,5)1(6)7/h2,5-7,10H,3-4,8-9,11-13H2,1H3;(H,6,7). The molecule has 0 aliphatic carbocycles. The number of carboxylic acids is 1. The van der Waals surface area contributed by atoms with Gasteiger partial charge in [-0.3, -0.25) is 4.90 Å². The van der Waals surface area contributed by atoms with Crippen LogP contribution < -0.4 is 4.90 Å². The number of piperidine rings is 1. The number of aromatic nitrogens is 4. The number of anilines is 1. The van der Waals surface area contributed by atoms with Crippen molar-refractivity contribution in [3.05, 3.63) is 36.7 Å². The molecule has 2 aromatic rings. The summed E-state index contributed by atoms with van der Waals surface area (Å²) >= 11 is 0. The molecule has 0 amide bonds. The number of aliphatic carboxylic acids is 1. The fourth-order valence-electron chi connectivity index (χ4n) is 4.00. The van der Waals surface area contributed by atoms with Crippen LogP contribution in [0.15, 0.2) is 30.9 Å². The van der Waals surface area contributed by atoms with Crippen molar-refractivity contribution < 1.29 is 31.9 Å². The van der Waals surface area contributed by atoms with E-state index in [2.05, 4.69) is 19.9 Å². The molecule has 8 nitrogen and oxygen atoms in total. The number of alkyl halides is 5. The molecule has 0 bridgehead atoms. The summed E-state index contributed by atoms with van der Waals surface area (Å²) in [7, 11) is 1.93. The fourth-order valence-corrected chi connectivity index (χ4v) is 4.00. The van der Waals surface area contributed by atoms with E-state index in [1.165, 1.54) is 0 Å². The topological polar surface area (TPSA) is 87.4 Å². The van der Waals surface area contributed by atoms with Crippen LogP contribution in [0.3, 0.4) is 0 Å². The van der Waals surface area contributed by atoms with Gasteiger partial charge in [-0.25, -0.2) is 28.5 Å². The van der Waals surface area contributed by atoms with Gasteiger partial charge < -0.3 is 14.6 Å². The summed E-state index contributed by atoms with van der Waals surface area (Å²) in [6.45, 7) is 2.22. The maximum absolute atomic E-state index is 14.9. The number of hydrogen-bond acceptors (Lipinski definition) is 6. The van der Waals surface area contributed by atoms with E-state index in [0.29, 0.717) is 45.1 Å². The van der Waals surface area contributed by atoms with E-state index in [0.717, 1.165) is 5.82 Å². The monoisotopic (exact) mass is 462 g/mol. The Hall–Kier alpha value is -2.83. The SMILES string of the molecule is Cn1ccnc1CN1CCC(F)(F)C2(CCN(c3ncccn3)C2)C1.O=C(O)C(F)(F)F. The first-order valence-electron chi connectivity index (χ1n) is 9.82. The van der Waals surface area contributed by atoms with Crippen molar-refractivity contribution in [2.75, 3.05) is 31.1 Å². The van der Waals surface area contributed by atoms with Crippen LogP contribution in [0.2, 0.25) is 0 Å². The molecule has 0 aromatic carbocycles. The molecule has 32 heavy (non-hydrogen) atoms. The second-order valence-corrected chi connectivity index (χ2v) is 7.92. The van der Waals surface area contributed by atoms with E-state index in [-0.39, 0.29) is 6.42 Å². The first kappa shape index (κ1) is 23.8. The number of rotatable bonds is 3. The van der Waals surface area contributed by atoms with Gasteiger partial charge in [0, 0.05) is 64.4 Å². The summed E-state index contributed by atoms with van der Waals surface area (Å²) in [5.41, 5.74) is -1.05. The van der Waals surface area contributed by atoms with Gasteiger partial charge in [-0.2, -0.15) is 13.2 Å². The second kappa shape index (κ2) is 8.96. The highest BCUT2D eigenvalue weighted by molar-refractivity contribution is 5.73. The number of hydrogen-bond donors (Lipinski definition) is 1. The molecule has 13 heteroatoms. The molecule has 4 heterocycles. The van der Waals surface area contributed by atoms with E-state index in [4.69, 9.17) is 9.90 Å². The molecular weight excluding hydrogens is 439 g/mol. The van der Waals surface area contributed by atoms with E-state index in [1.54, 1.807) is 24.7 Å². The van der Waals surface area contributed by atoms with Crippen LogP contribution in [-0.2, 0) is 18.4 Å². The lowest BCUT2D eigenvalue weighted by molar-refractivity contribution is -0.192. The minimum atomic E-state index is -5.08. The second-order valence-electron chi connectivity index (χ2n) is 7.92. The average molecular weight is 462 g/mol. The molecular formula is C19H23F5N6O2. The third kappa shape index (κ3) is 5.14. The van der Waals surface area contributed by atoms with Crippen molar-refractivity contribution in [3.63, 3.8) is 0 Å².